The van der Waals surface area contributed by atoms with E-state index in [1.807, 2.05) is 6.20 Å². The van der Waals surface area contributed by atoms with Gasteiger partial charge in [0, 0.05) is 62.8 Å². The van der Waals surface area contributed by atoms with E-state index in [0.717, 1.165) is 68.8 Å². The zero-order valence-electron chi connectivity index (χ0n) is 22.2. The van der Waals surface area contributed by atoms with Crippen molar-refractivity contribution in [2.75, 3.05) is 57.3 Å². The molecule has 190 valence electrons. The van der Waals surface area contributed by atoms with E-state index in [4.69, 9.17) is 4.98 Å². The summed E-state index contributed by atoms with van der Waals surface area (Å²) >= 11 is 0. The topological polar surface area (TPSA) is 34.6 Å². The second-order valence-corrected chi connectivity index (χ2v) is 10.5. The van der Waals surface area contributed by atoms with Gasteiger partial charge in [-0.05, 0) is 64.3 Å². The number of pyridine rings is 1. The third kappa shape index (κ3) is 7.08. The van der Waals surface area contributed by atoms with Gasteiger partial charge in [-0.1, -0.05) is 55.4 Å². The second kappa shape index (κ2) is 12.5. The van der Waals surface area contributed by atoms with Crippen LogP contribution >= 0.6 is 0 Å². The fraction of sp³-hybridized carbons (Fsp3) is 0.567. The van der Waals surface area contributed by atoms with Gasteiger partial charge in [0.15, 0.2) is 0 Å². The van der Waals surface area contributed by atoms with Crippen LogP contribution in [-0.2, 0) is 0 Å². The molecule has 0 radical (unpaired) electrons. The van der Waals surface area contributed by atoms with Gasteiger partial charge in [0.05, 0.1) is 0 Å². The lowest BCUT2D eigenvalue weighted by atomic mass is 10.0. The molecule has 2 fully saturated rings. The maximum atomic E-state index is 4.85. The van der Waals surface area contributed by atoms with E-state index in [1.165, 1.54) is 49.9 Å². The van der Waals surface area contributed by atoms with Gasteiger partial charge in [0.1, 0.15) is 5.82 Å². The molecular formula is C30H45N5. The molecule has 2 saturated heterocycles. The minimum atomic E-state index is 0.729. The summed E-state index contributed by atoms with van der Waals surface area (Å²) in [6.07, 6.45) is 17.2. The molecule has 5 heteroatoms. The van der Waals surface area contributed by atoms with Gasteiger partial charge in [0.2, 0.25) is 0 Å². The van der Waals surface area contributed by atoms with Crippen molar-refractivity contribution in [1.29, 1.82) is 0 Å². The zero-order valence-corrected chi connectivity index (χ0v) is 22.2. The summed E-state index contributed by atoms with van der Waals surface area (Å²) in [6.45, 7) is 19.7. The Morgan fingerprint density at radius 3 is 2.57 bits per heavy atom. The number of allylic oxidation sites excluding steroid dienone is 5. The summed E-state index contributed by atoms with van der Waals surface area (Å²) in [5.74, 6) is 1.14. The summed E-state index contributed by atoms with van der Waals surface area (Å²) < 4.78 is 0. The average molecular weight is 476 g/mol. The minimum Gasteiger partial charge on any atom is -0.385 e. The Morgan fingerprint density at radius 1 is 1.09 bits per heavy atom. The van der Waals surface area contributed by atoms with Gasteiger partial charge in [-0.3, -0.25) is 9.80 Å². The molecule has 3 heterocycles. The first kappa shape index (κ1) is 25.7. The molecule has 1 N–H and O–H groups in total. The van der Waals surface area contributed by atoms with E-state index in [0.29, 0.717) is 0 Å². The quantitative estimate of drug-likeness (QED) is 0.499. The van der Waals surface area contributed by atoms with Crippen molar-refractivity contribution >= 4 is 11.5 Å². The molecule has 0 unspecified atom stereocenters. The molecule has 0 aromatic carbocycles. The number of piperazine rings is 1. The van der Waals surface area contributed by atoms with E-state index >= 15 is 0 Å². The van der Waals surface area contributed by atoms with Gasteiger partial charge in [-0.25, -0.2) is 4.98 Å². The Bertz CT molecular complexity index is 943. The van der Waals surface area contributed by atoms with Crippen molar-refractivity contribution < 1.29 is 0 Å². The van der Waals surface area contributed by atoms with Crippen molar-refractivity contribution in [2.24, 2.45) is 0 Å². The largest absolute Gasteiger partial charge is 0.385 e. The van der Waals surface area contributed by atoms with Crippen LogP contribution in [0.2, 0.25) is 0 Å². The fourth-order valence-corrected chi connectivity index (χ4v) is 5.50. The summed E-state index contributed by atoms with van der Waals surface area (Å²) in [6, 6.07) is 2.97. The highest BCUT2D eigenvalue weighted by atomic mass is 15.3. The summed E-state index contributed by atoms with van der Waals surface area (Å²) in [7, 11) is 0. The van der Waals surface area contributed by atoms with Crippen LogP contribution in [0.5, 0.6) is 0 Å². The van der Waals surface area contributed by atoms with Gasteiger partial charge < -0.3 is 10.2 Å². The summed E-state index contributed by atoms with van der Waals surface area (Å²) in [5, 5.41) is 3.43. The van der Waals surface area contributed by atoms with Crippen LogP contribution in [-0.4, -0.2) is 73.2 Å². The van der Waals surface area contributed by atoms with Crippen LogP contribution in [0.1, 0.15) is 57.1 Å². The first-order valence-electron chi connectivity index (χ1n) is 13.7. The standard InChI is InChI=1S/C30H45N5/c1-5-6-14-31-26(4)28-21-25(3)30(32-22-28)35-19-17-34(18-20-35)29-12-15-33(16-13-29)23-27-9-7-8-24(2)10-11-27/h7-8,10-11,21-22,29,31H,4-6,9,12-20,23H2,1-3H3. The maximum Gasteiger partial charge on any atom is 0.131 e. The third-order valence-electron chi connectivity index (χ3n) is 7.72. The number of aryl methyl sites for hydroxylation is 1. The van der Waals surface area contributed by atoms with Crippen molar-refractivity contribution in [3.8, 4) is 0 Å². The number of hydrogen-bond acceptors (Lipinski definition) is 5. The van der Waals surface area contributed by atoms with Gasteiger partial charge >= 0.3 is 0 Å². The lowest BCUT2D eigenvalue weighted by molar-refractivity contribution is 0.107. The smallest absolute Gasteiger partial charge is 0.131 e. The van der Waals surface area contributed by atoms with Crippen LogP contribution in [0.4, 0.5) is 5.82 Å². The molecule has 4 rings (SSSR count). The number of unbranched alkanes of at least 4 members (excludes halogenated alkanes) is 1. The van der Waals surface area contributed by atoms with Crippen molar-refractivity contribution in [3.63, 3.8) is 0 Å². The van der Waals surface area contributed by atoms with Crippen LogP contribution in [0.15, 0.2) is 54.3 Å². The molecule has 0 amide bonds. The average Bonchev–Trinajstić information content (AvgIpc) is 3.08. The number of rotatable bonds is 9. The number of likely N-dealkylation sites (tertiary alicyclic amines) is 1. The number of piperidine rings is 1. The Kier molecular flexibility index (Phi) is 9.22. The molecule has 1 aliphatic carbocycles. The summed E-state index contributed by atoms with van der Waals surface area (Å²) in [5.41, 5.74) is 6.23. The van der Waals surface area contributed by atoms with Crippen LogP contribution in [0, 0.1) is 6.92 Å². The first-order chi connectivity index (χ1) is 17.0. The SMILES string of the molecule is C=C(NCCCC)c1cnc(N2CCN(C3CCN(CC4=CC=C(C)C=CC4)CC3)CC2)c(C)c1. The Morgan fingerprint density at radius 2 is 1.86 bits per heavy atom. The predicted molar refractivity (Wildman–Crippen MR) is 150 cm³/mol. The predicted octanol–water partition coefficient (Wildman–Crippen LogP) is 5.17. The number of nitrogens with zero attached hydrogens (tertiary/aromatic N) is 4. The molecule has 1 aromatic rings. The molecule has 0 saturated carbocycles. The van der Waals surface area contributed by atoms with E-state index in [-0.39, 0.29) is 0 Å². The molecule has 1 aromatic heterocycles. The normalized spacial score (nSPS) is 20.4. The summed E-state index contributed by atoms with van der Waals surface area (Å²) in [4.78, 5) is 12.7. The molecule has 0 spiro atoms. The Balaban J connectivity index is 1.23. The fourth-order valence-electron chi connectivity index (χ4n) is 5.50. The molecule has 5 nitrogen and oxygen atoms in total. The number of anilines is 1. The Hall–Kier alpha value is -2.37. The molecule has 3 aliphatic rings. The minimum absolute atomic E-state index is 0.729. The van der Waals surface area contributed by atoms with E-state index in [2.05, 4.69) is 77.7 Å². The number of hydrogen-bond donors (Lipinski definition) is 1. The van der Waals surface area contributed by atoms with E-state index in [1.54, 1.807) is 5.57 Å². The van der Waals surface area contributed by atoms with Crippen LogP contribution in [0.25, 0.3) is 5.70 Å². The number of aromatic nitrogens is 1. The van der Waals surface area contributed by atoms with Gasteiger partial charge in [-0.2, -0.15) is 0 Å². The van der Waals surface area contributed by atoms with Gasteiger partial charge in [-0.15, -0.1) is 0 Å². The van der Waals surface area contributed by atoms with Gasteiger partial charge in [0.25, 0.3) is 0 Å². The molecule has 0 bridgehead atoms. The highest BCUT2D eigenvalue weighted by Crippen LogP contribution is 2.25. The van der Waals surface area contributed by atoms with Crippen molar-refractivity contribution in [3.05, 3.63) is 65.4 Å². The highest BCUT2D eigenvalue weighted by Gasteiger charge is 2.28. The monoisotopic (exact) mass is 475 g/mol. The molecule has 2 aliphatic heterocycles. The first-order valence-corrected chi connectivity index (χ1v) is 13.7. The molecule has 35 heavy (non-hydrogen) atoms. The maximum absolute atomic E-state index is 4.85. The van der Waals surface area contributed by atoms with Crippen LogP contribution in [0.3, 0.4) is 0 Å². The van der Waals surface area contributed by atoms with Crippen LogP contribution < -0.4 is 10.2 Å². The van der Waals surface area contributed by atoms with E-state index in [9.17, 15) is 0 Å². The lowest BCUT2D eigenvalue weighted by Crippen LogP contribution is -2.53. The van der Waals surface area contributed by atoms with Crippen molar-refractivity contribution in [2.45, 2.75) is 58.9 Å². The lowest BCUT2D eigenvalue weighted by Gasteiger charge is -2.43. The molecular weight excluding hydrogens is 430 g/mol. The third-order valence-corrected chi connectivity index (χ3v) is 7.72. The number of nitrogens with one attached hydrogen (secondary N) is 1. The van der Waals surface area contributed by atoms with Crippen molar-refractivity contribution in [1.82, 2.24) is 20.1 Å². The Labute approximate surface area is 213 Å². The molecule has 0 atom stereocenters. The van der Waals surface area contributed by atoms with E-state index < -0.39 is 0 Å². The second-order valence-electron chi connectivity index (χ2n) is 10.5. The zero-order chi connectivity index (χ0) is 24.6. The highest BCUT2D eigenvalue weighted by molar-refractivity contribution is 5.64.